The molecule has 88 valence electrons. The maximum absolute atomic E-state index is 10.5. The van der Waals surface area contributed by atoms with Crippen LogP contribution in [0.5, 0.6) is 0 Å². The van der Waals surface area contributed by atoms with Crippen LogP contribution in [0.15, 0.2) is 0 Å². The van der Waals surface area contributed by atoms with E-state index in [-0.39, 0.29) is 6.61 Å². The highest BCUT2D eigenvalue weighted by Gasteiger charge is 2.43. The molecule has 1 aliphatic rings. The van der Waals surface area contributed by atoms with Crippen LogP contribution in [0.3, 0.4) is 0 Å². The molecule has 1 rings (SSSR count). The Kier molecular flexibility index (Phi) is 4.00. The molecule has 0 aromatic heterocycles. The van der Waals surface area contributed by atoms with Gasteiger partial charge in [0.15, 0.2) is 6.29 Å². The van der Waals surface area contributed by atoms with Crippen molar-refractivity contribution in [3.63, 3.8) is 0 Å². The van der Waals surface area contributed by atoms with Gasteiger partial charge in [-0.2, -0.15) is 0 Å². The zero-order valence-corrected chi connectivity index (χ0v) is 8.11. The van der Waals surface area contributed by atoms with E-state index < -0.39 is 36.7 Å². The molecule has 1 saturated heterocycles. The van der Waals surface area contributed by atoms with Crippen LogP contribution in [0.2, 0.25) is 0 Å². The van der Waals surface area contributed by atoms with E-state index in [1.807, 2.05) is 0 Å². The van der Waals surface area contributed by atoms with Gasteiger partial charge in [0.05, 0.1) is 0 Å². The predicted octanol–water partition coefficient (Wildman–Crippen LogP) is -2.65. The first-order chi connectivity index (χ1) is 6.93. The van der Waals surface area contributed by atoms with E-state index in [9.17, 15) is 15.0 Å². The molecular weight excluding hydrogens is 208 g/mol. The van der Waals surface area contributed by atoms with Crippen molar-refractivity contribution in [1.29, 1.82) is 0 Å². The van der Waals surface area contributed by atoms with Crippen LogP contribution in [-0.2, 0) is 14.3 Å². The number of carbonyl (C=O) groups excluding carboxylic acids is 1. The number of esters is 1. The van der Waals surface area contributed by atoms with Gasteiger partial charge in [0, 0.05) is 6.92 Å². The molecule has 4 N–H and O–H groups in total. The van der Waals surface area contributed by atoms with Gasteiger partial charge in [0.25, 0.3) is 0 Å². The number of hydrogen-bond acceptors (Lipinski definition) is 7. The number of aliphatic hydroxyl groups excluding tert-OH is 4. The summed E-state index contributed by atoms with van der Waals surface area (Å²) in [6.07, 6.45) is -7.18. The van der Waals surface area contributed by atoms with Crippen molar-refractivity contribution in [2.24, 2.45) is 0 Å². The summed E-state index contributed by atoms with van der Waals surface area (Å²) in [5.41, 5.74) is 0. The van der Waals surface area contributed by atoms with Crippen molar-refractivity contribution < 1.29 is 34.7 Å². The largest absolute Gasteiger partial charge is 0.463 e. The minimum Gasteiger partial charge on any atom is -0.463 e. The van der Waals surface area contributed by atoms with Crippen molar-refractivity contribution in [3.05, 3.63) is 0 Å². The molecular formula is C8H14O7. The van der Waals surface area contributed by atoms with Crippen molar-refractivity contribution in [2.75, 3.05) is 6.61 Å². The normalized spacial score (nSPS) is 41.3. The molecule has 1 fully saturated rings. The lowest BCUT2D eigenvalue weighted by Gasteiger charge is -2.37. The fraction of sp³-hybridized carbons (Fsp3) is 0.875. The lowest BCUT2D eigenvalue weighted by molar-refractivity contribution is -0.287. The lowest BCUT2D eigenvalue weighted by Crippen LogP contribution is -2.58. The maximum atomic E-state index is 10.5. The van der Waals surface area contributed by atoms with Gasteiger partial charge >= 0.3 is 5.97 Å². The lowest BCUT2D eigenvalue weighted by atomic mass is 9.99. The van der Waals surface area contributed by atoms with Crippen LogP contribution in [-0.4, -0.2) is 63.7 Å². The molecule has 0 aromatic rings. The summed E-state index contributed by atoms with van der Waals surface area (Å²) < 4.78 is 9.31. The number of ether oxygens (including phenoxy) is 2. The molecule has 15 heavy (non-hydrogen) atoms. The highest BCUT2D eigenvalue weighted by Crippen LogP contribution is 2.19. The summed E-state index contributed by atoms with van der Waals surface area (Å²) in [4.78, 5) is 10.5. The van der Waals surface area contributed by atoms with Crippen LogP contribution in [0, 0.1) is 0 Å². The first-order valence-corrected chi connectivity index (χ1v) is 4.44. The van der Waals surface area contributed by atoms with Crippen molar-refractivity contribution in [3.8, 4) is 0 Å². The van der Waals surface area contributed by atoms with E-state index in [0.29, 0.717) is 0 Å². The molecule has 0 aromatic carbocycles. The fourth-order valence-electron chi connectivity index (χ4n) is 1.27. The Morgan fingerprint density at radius 2 is 1.80 bits per heavy atom. The van der Waals surface area contributed by atoms with E-state index >= 15 is 0 Å². The van der Waals surface area contributed by atoms with Crippen molar-refractivity contribution in [2.45, 2.75) is 37.6 Å². The predicted molar refractivity (Wildman–Crippen MR) is 45.5 cm³/mol. The average Bonchev–Trinajstić information content (AvgIpc) is 2.18. The van der Waals surface area contributed by atoms with Crippen LogP contribution in [0.4, 0.5) is 0 Å². The van der Waals surface area contributed by atoms with Gasteiger partial charge in [-0.3, -0.25) is 4.79 Å². The van der Waals surface area contributed by atoms with E-state index in [1.165, 1.54) is 6.92 Å². The van der Waals surface area contributed by atoms with Crippen LogP contribution >= 0.6 is 0 Å². The zero-order chi connectivity index (χ0) is 11.6. The minimum absolute atomic E-state index is 0.294. The van der Waals surface area contributed by atoms with Gasteiger partial charge in [-0.25, -0.2) is 0 Å². The Labute approximate surface area is 85.9 Å². The van der Waals surface area contributed by atoms with Gasteiger partial charge in [0.1, 0.15) is 31.0 Å². The molecule has 1 aliphatic heterocycles. The minimum atomic E-state index is -1.61. The third kappa shape index (κ3) is 2.86. The van der Waals surface area contributed by atoms with Gasteiger partial charge in [-0.05, 0) is 0 Å². The number of aliphatic hydroxyl groups is 4. The molecule has 0 radical (unpaired) electrons. The Balaban J connectivity index is 2.54. The topological polar surface area (TPSA) is 116 Å². The summed E-state index contributed by atoms with van der Waals surface area (Å²) in [6, 6.07) is 0. The second-order valence-corrected chi connectivity index (χ2v) is 3.34. The standard InChI is InChI=1S/C8H14O7/c1-3(9)14-2-4-5(10)6(11)7(12)8(13)15-4/h4-8,10-13H,2H2,1H3/t4?,5-,6?,7-,8+/m0/s1. The quantitative estimate of drug-likeness (QED) is 0.377. The van der Waals surface area contributed by atoms with Crippen molar-refractivity contribution in [1.82, 2.24) is 0 Å². The second kappa shape index (κ2) is 4.86. The van der Waals surface area contributed by atoms with Gasteiger partial charge in [-0.15, -0.1) is 0 Å². The Morgan fingerprint density at radius 1 is 1.20 bits per heavy atom. The third-order valence-electron chi connectivity index (χ3n) is 2.14. The van der Waals surface area contributed by atoms with Crippen molar-refractivity contribution >= 4 is 5.97 Å². The summed E-state index contributed by atoms with van der Waals surface area (Å²) in [6.45, 7) is 0.883. The highest BCUT2D eigenvalue weighted by atomic mass is 16.6. The van der Waals surface area contributed by atoms with Crippen LogP contribution < -0.4 is 0 Å². The van der Waals surface area contributed by atoms with E-state index in [1.54, 1.807) is 0 Å². The first-order valence-electron chi connectivity index (χ1n) is 4.44. The van der Waals surface area contributed by atoms with Gasteiger partial charge in [0.2, 0.25) is 0 Å². The number of carbonyl (C=O) groups is 1. The summed E-state index contributed by atoms with van der Waals surface area (Å²) >= 11 is 0. The second-order valence-electron chi connectivity index (χ2n) is 3.34. The summed E-state index contributed by atoms with van der Waals surface area (Å²) in [7, 11) is 0. The highest BCUT2D eigenvalue weighted by molar-refractivity contribution is 5.65. The smallest absolute Gasteiger partial charge is 0.302 e. The molecule has 5 atom stereocenters. The Bertz CT molecular complexity index is 231. The van der Waals surface area contributed by atoms with Gasteiger partial charge < -0.3 is 29.9 Å². The first kappa shape index (κ1) is 12.3. The molecule has 0 spiro atoms. The van der Waals surface area contributed by atoms with Crippen LogP contribution in [0.25, 0.3) is 0 Å². The average molecular weight is 222 g/mol. The molecule has 2 unspecified atom stereocenters. The van der Waals surface area contributed by atoms with Gasteiger partial charge in [-0.1, -0.05) is 0 Å². The molecule has 0 saturated carbocycles. The zero-order valence-electron chi connectivity index (χ0n) is 8.11. The van der Waals surface area contributed by atoms with Crippen LogP contribution in [0.1, 0.15) is 6.92 Å². The maximum Gasteiger partial charge on any atom is 0.302 e. The third-order valence-corrected chi connectivity index (χ3v) is 2.14. The summed E-state index contributed by atoms with van der Waals surface area (Å²) in [5.74, 6) is -0.569. The molecule has 0 aliphatic carbocycles. The summed E-state index contributed by atoms with van der Waals surface area (Å²) in [5, 5.41) is 36.9. The van der Waals surface area contributed by atoms with E-state index in [0.717, 1.165) is 0 Å². The van der Waals surface area contributed by atoms with E-state index in [2.05, 4.69) is 4.74 Å². The number of hydrogen-bond donors (Lipinski definition) is 4. The Morgan fingerprint density at radius 3 is 2.33 bits per heavy atom. The fourth-order valence-corrected chi connectivity index (χ4v) is 1.27. The Hall–Kier alpha value is -0.730. The molecule has 0 amide bonds. The number of rotatable bonds is 2. The molecule has 0 bridgehead atoms. The molecule has 7 heteroatoms. The monoisotopic (exact) mass is 222 g/mol. The van der Waals surface area contributed by atoms with E-state index in [4.69, 9.17) is 14.9 Å². The SMILES string of the molecule is CC(=O)OCC1O[C@@H](O)[C@@H](O)C(O)[C@H]1O. The molecule has 1 heterocycles. The molecule has 7 nitrogen and oxygen atoms in total.